The Morgan fingerprint density at radius 1 is 1.54 bits per heavy atom. The number of nitrogens with zero attached hydrogens (tertiary/aromatic N) is 1. The molecule has 0 aromatic rings. The van der Waals surface area contributed by atoms with Gasteiger partial charge in [0, 0.05) is 13.1 Å². The van der Waals surface area contributed by atoms with Crippen molar-refractivity contribution in [2.45, 2.75) is 0 Å². The molecule has 1 heterocycles. The third-order valence-electron chi connectivity index (χ3n) is 1.67. The Morgan fingerprint density at radius 2 is 2.23 bits per heavy atom. The summed E-state index contributed by atoms with van der Waals surface area (Å²) in [7, 11) is 0. The van der Waals surface area contributed by atoms with Gasteiger partial charge in [-0.05, 0) is 0 Å². The first-order valence-corrected chi connectivity index (χ1v) is 3.94. The van der Waals surface area contributed by atoms with Crippen molar-refractivity contribution in [1.29, 1.82) is 0 Å². The number of carbonyl (C=O) groups is 1. The zero-order valence-corrected chi connectivity index (χ0v) is 7.12. The van der Waals surface area contributed by atoms with Crippen molar-refractivity contribution in [3.05, 3.63) is 0 Å². The van der Waals surface area contributed by atoms with Gasteiger partial charge < -0.3 is 9.64 Å². The van der Waals surface area contributed by atoms with Gasteiger partial charge in [0.25, 0.3) is 5.91 Å². The van der Waals surface area contributed by atoms with Crippen LogP contribution < -0.4 is 5.48 Å². The second-order valence-electron chi connectivity index (χ2n) is 2.49. The molecule has 0 spiro atoms. The molecule has 2 amide bonds. The number of amides is 2. The molecule has 1 saturated heterocycles. The first-order chi connectivity index (χ1) is 6.34. The lowest BCUT2D eigenvalue weighted by atomic mass is 10.4. The average Bonchev–Trinajstić information content (AvgIpc) is 2.19. The summed E-state index contributed by atoms with van der Waals surface area (Å²) in [5.74, 6) is -0.161. The Morgan fingerprint density at radius 3 is 2.85 bits per heavy atom. The predicted molar refractivity (Wildman–Crippen MR) is 42.2 cm³/mol. The summed E-state index contributed by atoms with van der Waals surface area (Å²) in [6.45, 7) is 2.10. The number of rotatable bonds is 4. The number of hydroxylamine groups is 1. The van der Waals surface area contributed by atoms with E-state index in [1.165, 1.54) is 6.41 Å². The molecule has 0 bridgehead atoms. The maximum Gasteiger partial charge on any atom is 0.335 e. The molecule has 6 nitrogen and oxygen atoms in total. The summed E-state index contributed by atoms with van der Waals surface area (Å²) in [6, 6.07) is 0. The highest BCUT2D eigenvalue weighted by Crippen LogP contribution is 1.96. The molecule has 0 unspecified atom stereocenters. The summed E-state index contributed by atoms with van der Waals surface area (Å²) >= 11 is 0. The van der Waals surface area contributed by atoms with E-state index < -0.39 is 0 Å². The highest BCUT2D eigenvalue weighted by molar-refractivity contribution is 5.77. The van der Waals surface area contributed by atoms with Gasteiger partial charge in [-0.3, -0.25) is 14.4 Å². The van der Waals surface area contributed by atoms with Crippen LogP contribution in [-0.2, 0) is 19.2 Å². The SMILES string of the molecule is O=[C]NOCC(=O)N1CCOCC1. The molecule has 1 radical (unpaired) electrons. The van der Waals surface area contributed by atoms with Crippen LogP contribution in [0.15, 0.2) is 0 Å². The van der Waals surface area contributed by atoms with Crippen molar-refractivity contribution < 1.29 is 19.2 Å². The molecule has 1 aliphatic rings. The summed E-state index contributed by atoms with van der Waals surface area (Å²) in [6.07, 6.45) is 1.31. The van der Waals surface area contributed by atoms with E-state index in [4.69, 9.17) is 4.74 Å². The summed E-state index contributed by atoms with van der Waals surface area (Å²) in [5.41, 5.74) is 1.83. The lowest BCUT2D eigenvalue weighted by Gasteiger charge is -2.26. The Hall–Kier alpha value is -1.14. The van der Waals surface area contributed by atoms with Crippen LogP contribution in [0.25, 0.3) is 0 Å². The fourth-order valence-electron chi connectivity index (χ4n) is 1.03. The number of morpholine rings is 1. The van der Waals surface area contributed by atoms with Crippen LogP contribution in [-0.4, -0.2) is 50.1 Å². The fourth-order valence-corrected chi connectivity index (χ4v) is 1.03. The minimum Gasteiger partial charge on any atom is -0.378 e. The quantitative estimate of drug-likeness (QED) is 0.328. The molecule has 73 valence electrons. The Bertz CT molecular complexity index is 179. The summed E-state index contributed by atoms with van der Waals surface area (Å²) in [4.78, 5) is 27.0. The average molecular weight is 187 g/mol. The van der Waals surface area contributed by atoms with Gasteiger partial charge in [0.15, 0.2) is 6.61 Å². The number of hydrogen-bond acceptors (Lipinski definition) is 4. The molecular formula is C7H11N2O4. The topological polar surface area (TPSA) is 67.9 Å². The van der Waals surface area contributed by atoms with Crippen LogP contribution in [0, 0.1) is 0 Å². The summed E-state index contributed by atoms with van der Waals surface area (Å²) < 4.78 is 5.06. The standard InChI is InChI=1S/C7H11N2O4/c10-6-8-13-5-7(11)9-1-3-12-4-2-9/h1-5H2,(H,8,10). The molecular weight excluding hydrogens is 176 g/mol. The second kappa shape index (κ2) is 5.50. The molecule has 0 aromatic carbocycles. The Labute approximate surface area is 75.7 Å². The zero-order chi connectivity index (χ0) is 9.52. The minimum atomic E-state index is -0.161. The van der Waals surface area contributed by atoms with Crippen molar-refractivity contribution in [3.8, 4) is 0 Å². The van der Waals surface area contributed by atoms with Crippen molar-refractivity contribution >= 4 is 12.3 Å². The van der Waals surface area contributed by atoms with Gasteiger partial charge in [-0.15, -0.1) is 0 Å². The number of carbonyl (C=O) groups excluding carboxylic acids is 2. The van der Waals surface area contributed by atoms with Crippen molar-refractivity contribution in [2.24, 2.45) is 0 Å². The first kappa shape index (κ1) is 9.94. The van der Waals surface area contributed by atoms with Crippen LogP contribution in [0.2, 0.25) is 0 Å². The maximum atomic E-state index is 11.2. The van der Waals surface area contributed by atoms with Crippen LogP contribution in [0.5, 0.6) is 0 Å². The molecule has 0 saturated carbocycles. The maximum absolute atomic E-state index is 11.2. The number of ether oxygens (including phenoxy) is 1. The largest absolute Gasteiger partial charge is 0.378 e. The first-order valence-electron chi connectivity index (χ1n) is 3.94. The number of hydrogen-bond donors (Lipinski definition) is 1. The van der Waals surface area contributed by atoms with Crippen molar-refractivity contribution in [1.82, 2.24) is 10.4 Å². The van der Waals surface area contributed by atoms with E-state index in [9.17, 15) is 9.59 Å². The van der Waals surface area contributed by atoms with Gasteiger partial charge in [0.1, 0.15) is 0 Å². The van der Waals surface area contributed by atoms with Crippen molar-refractivity contribution in [2.75, 3.05) is 32.9 Å². The van der Waals surface area contributed by atoms with E-state index in [1.54, 1.807) is 4.90 Å². The minimum absolute atomic E-state index is 0.158. The monoisotopic (exact) mass is 187 g/mol. The van der Waals surface area contributed by atoms with E-state index in [0.717, 1.165) is 0 Å². The lowest BCUT2D eigenvalue weighted by molar-refractivity contribution is -0.141. The molecule has 13 heavy (non-hydrogen) atoms. The molecule has 0 aromatic heterocycles. The third-order valence-corrected chi connectivity index (χ3v) is 1.67. The van der Waals surface area contributed by atoms with Crippen LogP contribution >= 0.6 is 0 Å². The van der Waals surface area contributed by atoms with Gasteiger partial charge in [0.05, 0.1) is 13.2 Å². The van der Waals surface area contributed by atoms with E-state index in [-0.39, 0.29) is 12.5 Å². The van der Waals surface area contributed by atoms with Gasteiger partial charge in [-0.25, -0.2) is 5.48 Å². The molecule has 1 aliphatic heterocycles. The van der Waals surface area contributed by atoms with E-state index in [0.29, 0.717) is 26.3 Å². The lowest BCUT2D eigenvalue weighted by Crippen LogP contribution is -2.43. The Kier molecular flexibility index (Phi) is 4.20. The highest BCUT2D eigenvalue weighted by atomic mass is 16.7. The van der Waals surface area contributed by atoms with Crippen LogP contribution in [0.3, 0.4) is 0 Å². The molecule has 0 atom stereocenters. The van der Waals surface area contributed by atoms with Gasteiger partial charge in [-0.2, -0.15) is 0 Å². The predicted octanol–water partition coefficient (Wildman–Crippen LogP) is -1.57. The normalized spacial score (nSPS) is 16.8. The van der Waals surface area contributed by atoms with Crippen LogP contribution in [0.4, 0.5) is 0 Å². The smallest absolute Gasteiger partial charge is 0.335 e. The molecule has 1 fully saturated rings. The van der Waals surface area contributed by atoms with E-state index in [2.05, 4.69) is 4.84 Å². The van der Waals surface area contributed by atoms with Gasteiger partial charge in [0.2, 0.25) is 0 Å². The van der Waals surface area contributed by atoms with E-state index >= 15 is 0 Å². The molecule has 1 N–H and O–H groups in total. The molecule has 1 rings (SSSR count). The fraction of sp³-hybridized carbons (Fsp3) is 0.714. The Balaban J connectivity index is 2.17. The van der Waals surface area contributed by atoms with Gasteiger partial charge >= 0.3 is 6.41 Å². The molecule has 0 aliphatic carbocycles. The van der Waals surface area contributed by atoms with Gasteiger partial charge in [-0.1, -0.05) is 0 Å². The third kappa shape index (κ3) is 3.39. The zero-order valence-electron chi connectivity index (χ0n) is 7.12. The molecule has 6 heteroatoms. The van der Waals surface area contributed by atoms with E-state index in [1.807, 2.05) is 5.48 Å². The second-order valence-corrected chi connectivity index (χ2v) is 2.49. The van der Waals surface area contributed by atoms with Crippen molar-refractivity contribution in [3.63, 3.8) is 0 Å². The highest BCUT2D eigenvalue weighted by Gasteiger charge is 2.16. The number of nitrogens with one attached hydrogen (secondary N) is 1. The summed E-state index contributed by atoms with van der Waals surface area (Å²) in [5, 5.41) is 0. The van der Waals surface area contributed by atoms with Crippen LogP contribution in [0.1, 0.15) is 0 Å².